The van der Waals surface area contributed by atoms with Gasteiger partial charge in [0.15, 0.2) is 0 Å². The monoisotopic (exact) mass is 468 g/mol. The predicted molar refractivity (Wildman–Crippen MR) is 128 cm³/mol. The van der Waals surface area contributed by atoms with E-state index in [1.807, 2.05) is 42.5 Å². The lowest BCUT2D eigenvalue weighted by Gasteiger charge is -2.09. The number of hydrogen-bond donors (Lipinski definition) is 1. The van der Waals surface area contributed by atoms with Crippen molar-refractivity contribution in [3.63, 3.8) is 0 Å². The van der Waals surface area contributed by atoms with E-state index < -0.39 is 9.84 Å². The van der Waals surface area contributed by atoms with E-state index in [2.05, 4.69) is 15.3 Å². The zero-order valence-corrected chi connectivity index (χ0v) is 18.8. The summed E-state index contributed by atoms with van der Waals surface area (Å²) in [6.45, 7) is 0.257. The molecule has 0 unspecified atom stereocenters. The van der Waals surface area contributed by atoms with Crippen LogP contribution in [0, 0.1) is 0 Å². The molecule has 8 heteroatoms. The van der Waals surface area contributed by atoms with Crippen LogP contribution in [-0.2, 0) is 16.4 Å². The third-order valence-corrected chi connectivity index (χ3v) is 7.25. The Hall–Kier alpha value is -4.30. The number of carbonyl (C=O) groups is 1. The summed E-state index contributed by atoms with van der Waals surface area (Å²) in [6.07, 6.45) is 6.45. The van der Waals surface area contributed by atoms with Crippen molar-refractivity contribution in [1.29, 1.82) is 0 Å². The molecule has 5 aromatic rings. The van der Waals surface area contributed by atoms with Gasteiger partial charge in [0.25, 0.3) is 5.91 Å². The molecule has 2 aromatic heterocycles. The lowest BCUT2D eigenvalue weighted by molar-refractivity contribution is 0.0950. The van der Waals surface area contributed by atoms with Gasteiger partial charge in [0.1, 0.15) is 0 Å². The molecule has 7 nitrogen and oxygen atoms in total. The molecule has 1 N–H and O–H groups in total. The minimum absolute atomic E-state index is 0.199. The van der Waals surface area contributed by atoms with Crippen LogP contribution in [-0.4, -0.2) is 28.7 Å². The van der Waals surface area contributed by atoms with Crippen molar-refractivity contribution in [2.45, 2.75) is 16.3 Å². The van der Waals surface area contributed by atoms with Crippen LogP contribution >= 0.6 is 0 Å². The number of nitrogens with zero attached hydrogens (tertiary/aromatic N) is 3. The van der Waals surface area contributed by atoms with Crippen LogP contribution in [0.3, 0.4) is 0 Å². The molecule has 0 bridgehead atoms. The van der Waals surface area contributed by atoms with E-state index in [1.54, 1.807) is 59.4 Å². The van der Waals surface area contributed by atoms with Crippen LogP contribution in [0.15, 0.2) is 113 Å². The maximum absolute atomic E-state index is 13.0. The zero-order chi connectivity index (χ0) is 23.5. The molecule has 0 spiro atoms. The molecule has 0 atom stereocenters. The maximum Gasteiger partial charge on any atom is 0.254 e. The van der Waals surface area contributed by atoms with Gasteiger partial charge >= 0.3 is 0 Å². The number of aromatic nitrogens is 3. The Morgan fingerprint density at radius 2 is 1.47 bits per heavy atom. The molecule has 0 radical (unpaired) electrons. The molecule has 0 saturated carbocycles. The van der Waals surface area contributed by atoms with Gasteiger partial charge in [-0.05, 0) is 41.0 Å². The average molecular weight is 469 g/mol. The standard InChI is InChI=1S/C26H20N4O3S/c31-25(22-17-29-26-27-14-15-30(26)18-22)28-16-19-6-10-23(11-7-19)34(32,33)24-12-8-21(9-13-24)20-4-2-1-3-5-20/h1-15,17-18H,16H2,(H,28,31). The molecule has 2 heterocycles. The molecule has 5 rings (SSSR count). The number of carbonyl (C=O) groups excluding carboxylic acids is 1. The lowest BCUT2D eigenvalue weighted by Crippen LogP contribution is -2.23. The van der Waals surface area contributed by atoms with Crippen LogP contribution in [0.25, 0.3) is 16.9 Å². The minimum atomic E-state index is -3.65. The van der Waals surface area contributed by atoms with Gasteiger partial charge in [0, 0.05) is 31.3 Å². The summed E-state index contributed by atoms with van der Waals surface area (Å²) in [5.74, 6) is 0.237. The van der Waals surface area contributed by atoms with Crippen LogP contribution in [0.5, 0.6) is 0 Å². The van der Waals surface area contributed by atoms with Crippen LogP contribution < -0.4 is 5.32 Å². The van der Waals surface area contributed by atoms with Crippen molar-refractivity contribution >= 4 is 21.5 Å². The highest BCUT2D eigenvalue weighted by Crippen LogP contribution is 2.25. The Bertz CT molecular complexity index is 1560. The van der Waals surface area contributed by atoms with Gasteiger partial charge in [0.2, 0.25) is 15.6 Å². The second-order valence-corrected chi connectivity index (χ2v) is 9.65. The highest BCUT2D eigenvalue weighted by atomic mass is 32.2. The highest BCUT2D eigenvalue weighted by Gasteiger charge is 2.17. The summed E-state index contributed by atoms with van der Waals surface area (Å²) in [5.41, 5.74) is 3.17. The van der Waals surface area contributed by atoms with E-state index in [4.69, 9.17) is 0 Å². The fourth-order valence-electron chi connectivity index (χ4n) is 3.60. The summed E-state index contributed by atoms with van der Waals surface area (Å²) in [5, 5.41) is 2.82. The smallest absolute Gasteiger partial charge is 0.254 e. The average Bonchev–Trinajstić information content (AvgIpc) is 3.36. The van der Waals surface area contributed by atoms with E-state index >= 15 is 0 Å². The molecule has 0 aliphatic carbocycles. The first kappa shape index (κ1) is 21.5. The van der Waals surface area contributed by atoms with Gasteiger partial charge < -0.3 is 5.32 Å². The van der Waals surface area contributed by atoms with Gasteiger partial charge in [-0.1, -0.05) is 54.6 Å². The first-order chi connectivity index (χ1) is 16.5. The number of fused-ring (bicyclic) bond motifs is 1. The summed E-state index contributed by atoms with van der Waals surface area (Å²) in [7, 11) is -3.65. The first-order valence-corrected chi connectivity index (χ1v) is 12.1. The van der Waals surface area contributed by atoms with Crippen molar-refractivity contribution in [2.75, 3.05) is 0 Å². The minimum Gasteiger partial charge on any atom is -0.348 e. The molecule has 0 aliphatic heterocycles. The first-order valence-electron chi connectivity index (χ1n) is 10.6. The molecular weight excluding hydrogens is 448 g/mol. The quantitative estimate of drug-likeness (QED) is 0.404. The van der Waals surface area contributed by atoms with E-state index in [0.29, 0.717) is 11.3 Å². The Kier molecular flexibility index (Phi) is 5.65. The molecule has 34 heavy (non-hydrogen) atoms. The molecule has 3 aromatic carbocycles. The molecule has 0 aliphatic rings. The Morgan fingerprint density at radius 3 is 2.18 bits per heavy atom. The number of benzene rings is 3. The summed E-state index contributed by atoms with van der Waals surface area (Å²) >= 11 is 0. The van der Waals surface area contributed by atoms with Crippen molar-refractivity contribution in [3.05, 3.63) is 115 Å². The molecule has 0 saturated heterocycles. The number of imidazole rings is 1. The van der Waals surface area contributed by atoms with Crippen LogP contribution in [0.4, 0.5) is 0 Å². The predicted octanol–water partition coefficient (Wildman–Crippen LogP) is 4.16. The second kappa shape index (κ2) is 8.92. The maximum atomic E-state index is 13.0. The van der Waals surface area contributed by atoms with Crippen LogP contribution in [0.1, 0.15) is 15.9 Å². The molecule has 168 valence electrons. The Balaban J connectivity index is 1.27. The Morgan fingerprint density at radius 1 is 0.824 bits per heavy atom. The SMILES string of the molecule is O=C(NCc1ccc(S(=O)(=O)c2ccc(-c3ccccc3)cc2)cc1)c1cnc2nccn2c1. The van der Waals surface area contributed by atoms with Gasteiger partial charge in [-0.15, -0.1) is 0 Å². The van der Waals surface area contributed by atoms with Gasteiger partial charge in [-0.3, -0.25) is 9.20 Å². The normalized spacial score (nSPS) is 11.4. The van der Waals surface area contributed by atoms with Crippen LogP contribution in [0.2, 0.25) is 0 Å². The van der Waals surface area contributed by atoms with Crippen molar-refractivity contribution in [3.8, 4) is 11.1 Å². The molecule has 1 amide bonds. The zero-order valence-electron chi connectivity index (χ0n) is 18.0. The number of nitrogens with one attached hydrogen (secondary N) is 1. The number of hydrogen-bond acceptors (Lipinski definition) is 5. The van der Waals surface area contributed by atoms with Gasteiger partial charge in [0.05, 0.1) is 15.4 Å². The van der Waals surface area contributed by atoms with Crippen molar-refractivity contribution in [1.82, 2.24) is 19.7 Å². The largest absolute Gasteiger partial charge is 0.348 e. The number of rotatable bonds is 6. The van der Waals surface area contributed by atoms with E-state index in [1.165, 1.54) is 6.20 Å². The lowest BCUT2D eigenvalue weighted by atomic mass is 10.1. The molecular formula is C26H20N4O3S. The van der Waals surface area contributed by atoms with E-state index in [9.17, 15) is 13.2 Å². The van der Waals surface area contributed by atoms with Gasteiger partial charge in [-0.25, -0.2) is 18.4 Å². The highest BCUT2D eigenvalue weighted by molar-refractivity contribution is 7.91. The fraction of sp³-hybridized carbons (Fsp3) is 0.0385. The van der Waals surface area contributed by atoms with E-state index in [0.717, 1.165) is 16.7 Å². The summed E-state index contributed by atoms with van der Waals surface area (Å²) in [4.78, 5) is 21.1. The summed E-state index contributed by atoms with van der Waals surface area (Å²) < 4.78 is 27.8. The third kappa shape index (κ3) is 4.31. The molecule has 0 fully saturated rings. The topological polar surface area (TPSA) is 93.4 Å². The number of amides is 1. The number of sulfone groups is 1. The van der Waals surface area contributed by atoms with E-state index in [-0.39, 0.29) is 22.2 Å². The van der Waals surface area contributed by atoms with Crippen molar-refractivity contribution < 1.29 is 13.2 Å². The van der Waals surface area contributed by atoms with Crippen molar-refractivity contribution in [2.24, 2.45) is 0 Å². The summed E-state index contributed by atoms with van der Waals surface area (Å²) in [6, 6.07) is 23.2. The fourth-order valence-corrected chi connectivity index (χ4v) is 4.86. The second-order valence-electron chi connectivity index (χ2n) is 7.70. The Labute approximate surface area is 196 Å². The van der Waals surface area contributed by atoms with Gasteiger partial charge in [-0.2, -0.15) is 0 Å². The third-order valence-electron chi connectivity index (χ3n) is 5.47.